The number of nitrogens with zero attached hydrogens (tertiary/aromatic N) is 3. The van der Waals surface area contributed by atoms with Gasteiger partial charge in [0.1, 0.15) is 12.4 Å². The van der Waals surface area contributed by atoms with Gasteiger partial charge in [0, 0.05) is 38.0 Å². The normalized spacial score (nSPS) is 11.5. The van der Waals surface area contributed by atoms with Crippen LogP contribution in [-0.4, -0.2) is 35.9 Å². The zero-order chi connectivity index (χ0) is 18.4. The molecule has 0 atom stereocenters. The quantitative estimate of drug-likeness (QED) is 0.475. The van der Waals surface area contributed by atoms with Gasteiger partial charge in [0.15, 0.2) is 17.5 Å². The Morgan fingerprint density at radius 1 is 1.28 bits per heavy atom. The van der Waals surface area contributed by atoms with Gasteiger partial charge in [-0.1, -0.05) is 0 Å². The Labute approximate surface area is 145 Å². The minimum absolute atomic E-state index is 0.0211. The summed E-state index contributed by atoms with van der Waals surface area (Å²) in [6.07, 6.45) is 0. The predicted molar refractivity (Wildman–Crippen MR) is 92.7 cm³/mol. The molecule has 25 heavy (non-hydrogen) atoms. The maximum absolute atomic E-state index is 13.5. The molecule has 0 aliphatic carbocycles. The van der Waals surface area contributed by atoms with Crippen molar-refractivity contribution in [3.8, 4) is 5.75 Å². The largest absolute Gasteiger partial charge is 0.489 e. The van der Waals surface area contributed by atoms with Crippen molar-refractivity contribution in [3.63, 3.8) is 0 Å². The fraction of sp³-hybridized carbons (Fsp3) is 0.412. The highest BCUT2D eigenvalue weighted by atomic mass is 19.1. The highest BCUT2D eigenvalue weighted by Gasteiger charge is 2.10. The summed E-state index contributed by atoms with van der Waals surface area (Å²) in [5.41, 5.74) is 3.18. The molecular formula is C17H23F2N5O. The topological polar surface area (TPSA) is 63.5 Å². The van der Waals surface area contributed by atoms with Gasteiger partial charge >= 0.3 is 0 Å². The van der Waals surface area contributed by atoms with Crippen molar-refractivity contribution in [3.05, 3.63) is 46.8 Å². The van der Waals surface area contributed by atoms with E-state index in [4.69, 9.17) is 4.74 Å². The Balaban J connectivity index is 1.79. The van der Waals surface area contributed by atoms with E-state index < -0.39 is 11.6 Å². The van der Waals surface area contributed by atoms with Crippen LogP contribution >= 0.6 is 0 Å². The molecule has 0 bridgehead atoms. The second-order valence-electron chi connectivity index (χ2n) is 5.55. The average molecular weight is 351 g/mol. The number of aryl methyl sites for hydroxylation is 2. The van der Waals surface area contributed by atoms with Gasteiger partial charge in [-0.3, -0.25) is 9.67 Å². The van der Waals surface area contributed by atoms with Crippen LogP contribution in [0.25, 0.3) is 0 Å². The zero-order valence-corrected chi connectivity index (χ0v) is 14.9. The van der Waals surface area contributed by atoms with Crippen LogP contribution in [-0.2, 0) is 13.6 Å². The first-order valence-electron chi connectivity index (χ1n) is 7.93. The molecule has 136 valence electrons. The summed E-state index contributed by atoms with van der Waals surface area (Å²) in [5, 5.41) is 10.7. The van der Waals surface area contributed by atoms with Gasteiger partial charge in [0.25, 0.3) is 0 Å². The Morgan fingerprint density at radius 3 is 2.64 bits per heavy atom. The maximum atomic E-state index is 13.5. The Hall–Kier alpha value is -2.64. The van der Waals surface area contributed by atoms with E-state index in [1.54, 1.807) is 7.05 Å². The molecule has 0 saturated carbocycles. The maximum Gasteiger partial charge on any atom is 0.191 e. The summed E-state index contributed by atoms with van der Waals surface area (Å²) in [4.78, 5) is 4.13. The minimum Gasteiger partial charge on any atom is -0.489 e. The van der Waals surface area contributed by atoms with Crippen molar-refractivity contribution in [1.82, 2.24) is 20.4 Å². The molecule has 0 aliphatic rings. The molecule has 6 nitrogen and oxygen atoms in total. The Kier molecular flexibility index (Phi) is 6.32. The first-order chi connectivity index (χ1) is 11.9. The van der Waals surface area contributed by atoms with Crippen molar-refractivity contribution in [2.45, 2.75) is 20.4 Å². The third kappa shape index (κ3) is 4.91. The number of benzene rings is 1. The molecule has 2 rings (SSSR count). The number of aliphatic imine (C=N–C) groups is 1. The smallest absolute Gasteiger partial charge is 0.191 e. The molecule has 1 aromatic carbocycles. The summed E-state index contributed by atoms with van der Waals surface area (Å²) >= 11 is 0. The third-order valence-electron chi connectivity index (χ3n) is 3.86. The van der Waals surface area contributed by atoms with Crippen LogP contribution in [0.5, 0.6) is 5.75 Å². The first kappa shape index (κ1) is 18.7. The van der Waals surface area contributed by atoms with E-state index in [0.29, 0.717) is 19.0 Å². The standard InChI is InChI=1S/C17H23F2N5O/c1-11-14(12(2)24(4)23-11)10-22-17(20-3)21-7-8-25-16-6-5-13(18)9-15(16)19/h5-6,9H,7-8,10H2,1-4H3,(H2,20,21,22). The van der Waals surface area contributed by atoms with E-state index in [-0.39, 0.29) is 12.4 Å². The van der Waals surface area contributed by atoms with Crippen molar-refractivity contribution in [2.24, 2.45) is 12.0 Å². The highest BCUT2D eigenvalue weighted by Crippen LogP contribution is 2.17. The van der Waals surface area contributed by atoms with Crippen LogP contribution in [0.15, 0.2) is 23.2 Å². The summed E-state index contributed by atoms with van der Waals surface area (Å²) in [7, 11) is 3.57. The van der Waals surface area contributed by atoms with Gasteiger partial charge in [-0.15, -0.1) is 0 Å². The van der Waals surface area contributed by atoms with Crippen LogP contribution in [0.2, 0.25) is 0 Å². The van der Waals surface area contributed by atoms with Crippen LogP contribution in [0.3, 0.4) is 0 Å². The number of hydrogen-bond acceptors (Lipinski definition) is 3. The van der Waals surface area contributed by atoms with Crippen LogP contribution in [0, 0.1) is 25.5 Å². The highest BCUT2D eigenvalue weighted by molar-refractivity contribution is 5.79. The van der Waals surface area contributed by atoms with E-state index in [0.717, 1.165) is 29.1 Å². The molecule has 1 aromatic heterocycles. The first-order valence-corrected chi connectivity index (χ1v) is 7.93. The second kappa shape index (κ2) is 8.46. The number of halogens is 2. The van der Waals surface area contributed by atoms with Gasteiger partial charge in [0.05, 0.1) is 12.2 Å². The lowest BCUT2D eigenvalue weighted by atomic mass is 10.2. The molecule has 8 heteroatoms. The molecule has 2 N–H and O–H groups in total. The predicted octanol–water partition coefficient (Wildman–Crippen LogP) is 2.06. The molecule has 2 aromatic rings. The van der Waals surface area contributed by atoms with Gasteiger partial charge < -0.3 is 15.4 Å². The van der Waals surface area contributed by atoms with Crippen molar-refractivity contribution < 1.29 is 13.5 Å². The number of hydrogen-bond donors (Lipinski definition) is 2. The SMILES string of the molecule is CN=C(NCCOc1ccc(F)cc1F)NCc1c(C)nn(C)c1C. The second-order valence-corrected chi connectivity index (χ2v) is 5.55. The summed E-state index contributed by atoms with van der Waals surface area (Å²) in [5.74, 6) is -0.725. The molecule has 0 aliphatic heterocycles. The van der Waals surface area contributed by atoms with E-state index in [1.165, 1.54) is 6.07 Å². The van der Waals surface area contributed by atoms with Crippen molar-refractivity contribution in [2.75, 3.05) is 20.2 Å². The lowest BCUT2D eigenvalue weighted by molar-refractivity contribution is 0.304. The molecule has 1 heterocycles. The zero-order valence-electron chi connectivity index (χ0n) is 14.9. The number of nitrogens with one attached hydrogen (secondary N) is 2. The fourth-order valence-electron chi connectivity index (χ4n) is 2.39. The fourth-order valence-corrected chi connectivity index (χ4v) is 2.39. The van der Waals surface area contributed by atoms with Gasteiger partial charge in [-0.2, -0.15) is 5.10 Å². The lowest BCUT2D eigenvalue weighted by Crippen LogP contribution is -2.39. The third-order valence-corrected chi connectivity index (χ3v) is 3.86. The molecule has 0 saturated heterocycles. The molecule has 0 radical (unpaired) electrons. The average Bonchev–Trinajstić information content (AvgIpc) is 2.81. The number of ether oxygens (including phenoxy) is 1. The monoisotopic (exact) mass is 351 g/mol. The molecule has 0 amide bonds. The van der Waals surface area contributed by atoms with Crippen molar-refractivity contribution >= 4 is 5.96 Å². The lowest BCUT2D eigenvalue weighted by Gasteiger charge is -2.13. The Bertz CT molecular complexity index is 758. The van der Waals surface area contributed by atoms with E-state index in [1.807, 2.05) is 25.6 Å². The molecule has 0 spiro atoms. The Morgan fingerprint density at radius 2 is 2.04 bits per heavy atom. The minimum atomic E-state index is -0.718. The van der Waals surface area contributed by atoms with Crippen LogP contribution in [0.4, 0.5) is 8.78 Å². The number of rotatable bonds is 6. The van der Waals surface area contributed by atoms with E-state index >= 15 is 0 Å². The van der Waals surface area contributed by atoms with E-state index in [9.17, 15) is 8.78 Å². The van der Waals surface area contributed by atoms with E-state index in [2.05, 4.69) is 20.7 Å². The van der Waals surface area contributed by atoms with Crippen LogP contribution < -0.4 is 15.4 Å². The summed E-state index contributed by atoms with van der Waals surface area (Å²) < 4.78 is 33.4. The number of guanidine groups is 1. The number of aromatic nitrogens is 2. The molecule has 0 unspecified atom stereocenters. The van der Waals surface area contributed by atoms with Crippen molar-refractivity contribution in [1.29, 1.82) is 0 Å². The van der Waals surface area contributed by atoms with Gasteiger partial charge in [0.2, 0.25) is 0 Å². The van der Waals surface area contributed by atoms with Gasteiger partial charge in [-0.25, -0.2) is 8.78 Å². The summed E-state index contributed by atoms with van der Waals surface area (Å²) in [6, 6.07) is 3.22. The molecule has 0 fully saturated rings. The summed E-state index contributed by atoms with van der Waals surface area (Å²) in [6.45, 7) is 5.21. The van der Waals surface area contributed by atoms with Gasteiger partial charge in [-0.05, 0) is 26.0 Å². The van der Waals surface area contributed by atoms with Crippen LogP contribution in [0.1, 0.15) is 17.0 Å². The molecular weight excluding hydrogens is 328 g/mol.